The van der Waals surface area contributed by atoms with Crippen molar-refractivity contribution in [2.75, 3.05) is 6.61 Å². The molecule has 0 radical (unpaired) electrons. The lowest BCUT2D eigenvalue weighted by molar-refractivity contribution is -0.161. The number of aromatic nitrogens is 3. The number of hydrogen-bond acceptors (Lipinski definition) is 7. The van der Waals surface area contributed by atoms with Gasteiger partial charge in [0.1, 0.15) is 24.5 Å². The van der Waals surface area contributed by atoms with Gasteiger partial charge in [-0.15, -0.1) is 5.10 Å². The number of carbonyl (C=O) groups excluding carboxylic acids is 1. The van der Waals surface area contributed by atoms with Gasteiger partial charge < -0.3 is 19.7 Å². The zero-order valence-corrected chi connectivity index (χ0v) is 11.9. The van der Waals surface area contributed by atoms with Gasteiger partial charge >= 0.3 is 5.97 Å². The zero-order valence-electron chi connectivity index (χ0n) is 11.9. The minimum absolute atomic E-state index is 0.0230. The topological polar surface area (TPSA) is 107 Å². The van der Waals surface area contributed by atoms with E-state index in [-0.39, 0.29) is 6.61 Å². The Labute approximate surface area is 126 Å². The van der Waals surface area contributed by atoms with E-state index in [0.717, 1.165) is 31.3 Å². The van der Waals surface area contributed by atoms with E-state index in [0.29, 0.717) is 5.69 Å². The summed E-state index contributed by atoms with van der Waals surface area (Å²) in [5.41, 5.74) is 0.215. The largest absolute Gasteiger partial charge is 0.461 e. The molecule has 0 aromatic carbocycles. The first kappa shape index (κ1) is 13.9. The summed E-state index contributed by atoms with van der Waals surface area (Å²) in [4.78, 5) is 12.2. The quantitative estimate of drug-likeness (QED) is 0.714. The number of rotatable bonds is 2. The number of carbonyl (C=O) groups is 1. The number of nitrogens with zero attached hydrogens (tertiary/aromatic N) is 3. The fourth-order valence-electron chi connectivity index (χ4n) is 3.48. The highest BCUT2D eigenvalue weighted by Crippen LogP contribution is 2.42. The zero-order chi connectivity index (χ0) is 15.3. The maximum Gasteiger partial charge on any atom is 0.340 e. The Bertz CT molecular complexity index is 638. The van der Waals surface area contributed by atoms with E-state index in [2.05, 4.69) is 16.4 Å². The van der Waals surface area contributed by atoms with Crippen LogP contribution in [0.3, 0.4) is 0 Å². The Morgan fingerprint density at radius 3 is 3.00 bits per heavy atom. The van der Waals surface area contributed by atoms with Crippen molar-refractivity contribution in [3.05, 3.63) is 18.0 Å². The van der Waals surface area contributed by atoms with Crippen molar-refractivity contribution >= 4 is 11.5 Å². The fraction of sp³-hybridized carbons (Fsp3) is 0.643. The smallest absolute Gasteiger partial charge is 0.340 e. The average Bonchev–Trinajstić information content (AvgIpc) is 3.19. The number of hydrogen-bond donors (Lipinski definition) is 2. The summed E-state index contributed by atoms with van der Waals surface area (Å²) >= 11 is 0. The molecule has 1 aliphatic carbocycles. The molecule has 2 saturated heterocycles. The molecule has 4 rings (SSSR count). The Morgan fingerprint density at radius 1 is 1.36 bits per heavy atom. The molecular weight excluding hydrogens is 290 g/mol. The summed E-state index contributed by atoms with van der Waals surface area (Å²) in [5, 5.41) is 28.2. The molecule has 0 bridgehead atoms. The highest BCUT2D eigenvalue weighted by atomic mass is 16.7. The molecule has 3 aliphatic rings. The first-order valence-electron chi connectivity index (χ1n) is 7.45. The molecular formula is C14H17N3O5. The minimum Gasteiger partial charge on any atom is -0.461 e. The van der Waals surface area contributed by atoms with E-state index >= 15 is 0 Å². The molecule has 3 heterocycles. The molecule has 1 aromatic rings. The van der Waals surface area contributed by atoms with Crippen LogP contribution in [0.2, 0.25) is 0 Å². The van der Waals surface area contributed by atoms with Crippen LogP contribution in [0.5, 0.6) is 0 Å². The first-order valence-corrected chi connectivity index (χ1v) is 7.45. The Hall–Kier alpha value is -1.77. The molecule has 0 spiro atoms. The lowest BCUT2D eigenvalue weighted by Gasteiger charge is -2.25. The van der Waals surface area contributed by atoms with Crippen LogP contribution < -0.4 is 0 Å². The molecule has 2 N–H and O–H groups in total. The number of cyclic esters (lactones) is 1. The van der Waals surface area contributed by atoms with Gasteiger partial charge in [0, 0.05) is 0 Å². The molecule has 8 nitrogen and oxygen atoms in total. The third-order valence-corrected chi connectivity index (χ3v) is 4.70. The lowest BCUT2D eigenvalue weighted by Crippen LogP contribution is -2.53. The molecule has 1 aromatic heterocycles. The average molecular weight is 307 g/mol. The van der Waals surface area contributed by atoms with Gasteiger partial charge in [-0.2, -0.15) is 0 Å². The number of fused-ring (bicyclic) bond motifs is 1. The molecule has 8 heteroatoms. The van der Waals surface area contributed by atoms with Crippen molar-refractivity contribution in [2.24, 2.45) is 0 Å². The summed E-state index contributed by atoms with van der Waals surface area (Å²) in [5.74, 6) is -0.657. The van der Waals surface area contributed by atoms with Gasteiger partial charge in [0.25, 0.3) is 0 Å². The number of ether oxygens (including phenoxy) is 2. The van der Waals surface area contributed by atoms with E-state index < -0.39 is 30.0 Å². The molecule has 0 saturated carbocycles. The molecule has 2 fully saturated rings. The second-order valence-corrected chi connectivity index (χ2v) is 5.91. The third-order valence-electron chi connectivity index (χ3n) is 4.70. The number of esters is 1. The monoisotopic (exact) mass is 307 g/mol. The number of aliphatic hydroxyl groups excluding tert-OH is 2. The second kappa shape index (κ2) is 4.87. The van der Waals surface area contributed by atoms with Crippen LogP contribution in [0.15, 0.2) is 12.3 Å². The van der Waals surface area contributed by atoms with Gasteiger partial charge in [-0.05, 0) is 31.3 Å². The van der Waals surface area contributed by atoms with Crippen LogP contribution in [0.4, 0.5) is 0 Å². The summed E-state index contributed by atoms with van der Waals surface area (Å²) in [6.07, 6.45) is 4.26. The van der Waals surface area contributed by atoms with E-state index in [1.165, 1.54) is 4.68 Å². The van der Waals surface area contributed by atoms with Crippen molar-refractivity contribution in [2.45, 2.75) is 49.7 Å². The maximum atomic E-state index is 12.2. The van der Waals surface area contributed by atoms with Crippen LogP contribution in [-0.2, 0) is 19.8 Å². The van der Waals surface area contributed by atoms with Crippen LogP contribution >= 0.6 is 0 Å². The van der Waals surface area contributed by atoms with Crippen molar-refractivity contribution in [3.63, 3.8) is 0 Å². The van der Waals surface area contributed by atoms with Gasteiger partial charge in [0.05, 0.1) is 6.20 Å². The van der Waals surface area contributed by atoms with Gasteiger partial charge in [-0.3, -0.25) is 0 Å². The Balaban J connectivity index is 1.75. The Kier molecular flexibility index (Phi) is 3.07. The minimum atomic E-state index is -1.56. The van der Waals surface area contributed by atoms with Crippen LogP contribution in [-0.4, -0.2) is 56.3 Å². The number of allylic oxidation sites excluding steroid dienone is 2. The summed E-state index contributed by atoms with van der Waals surface area (Å²) < 4.78 is 11.5. The molecule has 4 atom stereocenters. The standard InChI is InChI=1S/C14H17N3O5/c18-11-12(19)22-10-7-21-13(20)14(10,11)17-6-9(15-16-17)8-4-2-1-3-5-8/h4,6,10-12,18-19H,1-3,5,7H2/t10-,11-,12?,14-/m1/s1. The molecule has 1 unspecified atom stereocenters. The maximum absolute atomic E-state index is 12.2. The summed E-state index contributed by atoms with van der Waals surface area (Å²) in [6, 6.07) is 0. The normalized spacial score (nSPS) is 37.8. The van der Waals surface area contributed by atoms with Crippen molar-refractivity contribution in [1.29, 1.82) is 0 Å². The molecule has 0 amide bonds. The van der Waals surface area contributed by atoms with Gasteiger partial charge in [0.15, 0.2) is 6.29 Å². The molecule has 118 valence electrons. The summed E-state index contributed by atoms with van der Waals surface area (Å²) in [7, 11) is 0. The van der Waals surface area contributed by atoms with Crippen LogP contribution in [0.25, 0.3) is 5.57 Å². The van der Waals surface area contributed by atoms with Gasteiger partial charge in [-0.25, -0.2) is 9.48 Å². The Morgan fingerprint density at radius 2 is 2.23 bits per heavy atom. The third kappa shape index (κ3) is 1.71. The predicted molar refractivity (Wildman–Crippen MR) is 72.3 cm³/mol. The van der Waals surface area contributed by atoms with E-state index in [4.69, 9.17) is 9.47 Å². The molecule has 22 heavy (non-hydrogen) atoms. The first-order chi connectivity index (χ1) is 10.6. The van der Waals surface area contributed by atoms with Crippen molar-refractivity contribution < 1.29 is 24.5 Å². The number of aliphatic hydroxyl groups is 2. The highest BCUT2D eigenvalue weighted by Gasteiger charge is 2.68. The highest BCUT2D eigenvalue weighted by molar-refractivity contribution is 5.83. The van der Waals surface area contributed by atoms with E-state index in [9.17, 15) is 15.0 Å². The van der Waals surface area contributed by atoms with Crippen LogP contribution in [0.1, 0.15) is 31.4 Å². The van der Waals surface area contributed by atoms with Gasteiger partial charge in [-0.1, -0.05) is 11.3 Å². The predicted octanol–water partition coefficient (Wildman–Crippen LogP) is -0.434. The van der Waals surface area contributed by atoms with E-state index in [1.54, 1.807) is 6.20 Å². The summed E-state index contributed by atoms with van der Waals surface area (Å²) in [6.45, 7) is -0.0230. The van der Waals surface area contributed by atoms with Crippen LogP contribution in [0, 0.1) is 0 Å². The van der Waals surface area contributed by atoms with Crippen molar-refractivity contribution in [1.82, 2.24) is 15.0 Å². The fourth-order valence-corrected chi connectivity index (χ4v) is 3.48. The molecule has 2 aliphatic heterocycles. The van der Waals surface area contributed by atoms with Gasteiger partial charge in [0.2, 0.25) is 5.54 Å². The lowest BCUT2D eigenvalue weighted by atomic mass is 9.90. The second-order valence-electron chi connectivity index (χ2n) is 5.91. The van der Waals surface area contributed by atoms with Crippen molar-refractivity contribution in [3.8, 4) is 0 Å². The SMILES string of the molecule is O=C1OC[C@H]2OC(O)[C@@H](O)[C@@]12n1cc(C2=CCCCC2)nn1. The van der Waals surface area contributed by atoms with E-state index in [1.807, 2.05) is 0 Å².